The van der Waals surface area contributed by atoms with E-state index in [1.807, 2.05) is 30.0 Å². The zero-order valence-electron chi connectivity index (χ0n) is 17.0. The van der Waals surface area contributed by atoms with Crippen LogP contribution in [0.1, 0.15) is 15.9 Å². The van der Waals surface area contributed by atoms with Crippen LogP contribution in [0.4, 0.5) is 30.4 Å². The van der Waals surface area contributed by atoms with Crippen molar-refractivity contribution in [3.8, 4) is 11.6 Å². The zero-order valence-corrected chi connectivity index (χ0v) is 17.0. The van der Waals surface area contributed by atoms with Crippen LogP contribution in [0.25, 0.3) is 0 Å². The Hall–Kier alpha value is -3.82. The van der Waals surface area contributed by atoms with Crippen molar-refractivity contribution >= 4 is 23.1 Å². The van der Waals surface area contributed by atoms with E-state index in [1.54, 1.807) is 18.3 Å². The number of benzene rings is 1. The van der Waals surface area contributed by atoms with Gasteiger partial charge in [-0.2, -0.15) is 13.2 Å². The van der Waals surface area contributed by atoms with Crippen LogP contribution in [0.5, 0.6) is 11.6 Å². The molecule has 1 aromatic carbocycles. The number of aryl methyl sites for hydroxylation is 1. The molecule has 2 aromatic heterocycles. The molecule has 0 bridgehead atoms. The highest BCUT2D eigenvalue weighted by Crippen LogP contribution is 2.38. The molecule has 1 amide bonds. The minimum atomic E-state index is -4.46. The molecule has 3 heterocycles. The predicted octanol–water partition coefficient (Wildman–Crippen LogP) is 4.51. The number of pyridine rings is 2. The van der Waals surface area contributed by atoms with E-state index in [9.17, 15) is 18.0 Å². The normalized spacial score (nSPS) is 13.2. The summed E-state index contributed by atoms with van der Waals surface area (Å²) in [5.74, 6) is 0.543. The van der Waals surface area contributed by atoms with E-state index in [2.05, 4.69) is 20.0 Å². The minimum absolute atomic E-state index is 0.193. The molecule has 0 atom stereocenters. The highest BCUT2D eigenvalue weighted by atomic mass is 19.4. The first-order valence-corrected chi connectivity index (χ1v) is 9.73. The van der Waals surface area contributed by atoms with Crippen LogP contribution < -0.4 is 19.7 Å². The molecule has 3 aromatic rings. The summed E-state index contributed by atoms with van der Waals surface area (Å²) in [6, 6.07) is 11.8. The largest absolute Gasteiger partial charge is 0.489 e. The van der Waals surface area contributed by atoms with Gasteiger partial charge in [-0.15, -0.1) is 0 Å². The first-order chi connectivity index (χ1) is 15.3. The first-order valence-electron chi connectivity index (χ1n) is 9.73. The molecular formula is C22H19F3N4O3. The van der Waals surface area contributed by atoms with Gasteiger partial charge in [-0.25, -0.2) is 9.97 Å². The maximum Gasteiger partial charge on any atom is 0.422 e. The van der Waals surface area contributed by atoms with Gasteiger partial charge in [-0.3, -0.25) is 4.79 Å². The smallest absolute Gasteiger partial charge is 0.422 e. The molecule has 0 fully saturated rings. The number of halogens is 3. The Morgan fingerprint density at radius 1 is 1.16 bits per heavy atom. The molecule has 0 aliphatic carbocycles. The number of para-hydroxylation sites is 1. The Morgan fingerprint density at radius 3 is 2.69 bits per heavy atom. The lowest BCUT2D eigenvalue weighted by Gasteiger charge is -2.31. The summed E-state index contributed by atoms with van der Waals surface area (Å²) >= 11 is 0. The van der Waals surface area contributed by atoms with Crippen LogP contribution in [-0.4, -0.2) is 41.8 Å². The van der Waals surface area contributed by atoms with Crippen LogP contribution >= 0.6 is 0 Å². The van der Waals surface area contributed by atoms with E-state index in [-0.39, 0.29) is 5.88 Å². The van der Waals surface area contributed by atoms with Gasteiger partial charge in [0.2, 0.25) is 5.88 Å². The van der Waals surface area contributed by atoms with Gasteiger partial charge in [0.25, 0.3) is 5.91 Å². The number of hydrogen-bond acceptors (Lipinski definition) is 6. The monoisotopic (exact) mass is 444 g/mol. The van der Waals surface area contributed by atoms with Crippen molar-refractivity contribution in [2.75, 3.05) is 30.0 Å². The fourth-order valence-corrected chi connectivity index (χ4v) is 3.18. The second-order valence-corrected chi connectivity index (χ2v) is 7.09. The van der Waals surface area contributed by atoms with Crippen LogP contribution in [0, 0.1) is 6.92 Å². The molecule has 1 N–H and O–H groups in total. The van der Waals surface area contributed by atoms with E-state index in [1.165, 1.54) is 18.3 Å². The molecule has 0 saturated carbocycles. The van der Waals surface area contributed by atoms with E-state index in [0.717, 1.165) is 11.4 Å². The van der Waals surface area contributed by atoms with Crippen molar-refractivity contribution in [1.82, 2.24) is 9.97 Å². The summed E-state index contributed by atoms with van der Waals surface area (Å²) in [4.78, 5) is 23.1. The molecule has 1 aliphatic rings. The molecule has 1 aliphatic heterocycles. The molecule has 7 nitrogen and oxygen atoms in total. The lowest BCUT2D eigenvalue weighted by atomic mass is 10.1. The maximum absolute atomic E-state index is 12.9. The highest BCUT2D eigenvalue weighted by Gasteiger charge is 2.29. The lowest BCUT2D eigenvalue weighted by molar-refractivity contribution is -0.154. The second-order valence-electron chi connectivity index (χ2n) is 7.09. The molecule has 0 radical (unpaired) electrons. The number of rotatable bonds is 5. The number of hydrogen-bond donors (Lipinski definition) is 1. The Balaban J connectivity index is 1.51. The van der Waals surface area contributed by atoms with Gasteiger partial charge in [-0.1, -0.05) is 12.1 Å². The number of alkyl halides is 3. The number of nitrogens with zero attached hydrogens (tertiary/aromatic N) is 3. The Morgan fingerprint density at radius 2 is 2.00 bits per heavy atom. The van der Waals surface area contributed by atoms with Gasteiger partial charge >= 0.3 is 6.18 Å². The standard InChI is InChI=1S/C22H19F3N4O3/c1-14-5-7-18(26-11-14)29-9-10-31-20-16(3-2-4-17(20)29)21(30)28-15-6-8-19(27-12-15)32-13-22(23,24)25/h2-8,11-12H,9-10,13H2,1H3,(H,28,30). The Bertz CT molecular complexity index is 1100. The molecule has 10 heteroatoms. The Kier molecular flexibility index (Phi) is 5.85. The van der Waals surface area contributed by atoms with Crippen LogP contribution in [0.3, 0.4) is 0 Å². The van der Waals surface area contributed by atoms with Gasteiger partial charge in [0.1, 0.15) is 12.4 Å². The van der Waals surface area contributed by atoms with Crippen LogP contribution in [-0.2, 0) is 0 Å². The highest BCUT2D eigenvalue weighted by molar-refractivity contribution is 6.07. The van der Waals surface area contributed by atoms with Gasteiger partial charge in [0.05, 0.1) is 29.7 Å². The summed E-state index contributed by atoms with van der Waals surface area (Å²) in [7, 11) is 0. The predicted molar refractivity (Wildman–Crippen MR) is 112 cm³/mol. The van der Waals surface area contributed by atoms with E-state index >= 15 is 0 Å². The van der Waals surface area contributed by atoms with Crippen molar-refractivity contribution in [2.45, 2.75) is 13.1 Å². The van der Waals surface area contributed by atoms with Gasteiger partial charge in [-0.05, 0) is 36.8 Å². The summed E-state index contributed by atoms with van der Waals surface area (Å²) < 4.78 is 47.1. The van der Waals surface area contributed by atoms with Gasteiger partial charge in [0.15, 0.2) is 12.4 Å². The maximum atomic E-state index is 12.9. The number of aromatic nitrogens is 2. The number of amides is 1. The van der Waals surface area contributed by atoms with Crippen molar-refractivity contribution in [2.24, 2.45) is 0 Å². The SMILES string of the molecule is Cc1ccc(N2CCOc3c(C(=O)Nc4ccc(OCC(F)(F)F)nc4)cccc32)nc1. The lowest BCUT2D eigenvalue weighted by Crippen LogP contribution is -2.30. The number of carbonyl (C=O) groups excluding carboxylic acids is 1. The number of ether oxygens (including phenoxy) is 2. The summed E-state index contributed by atoms with van der Waals surface area (Å²) in [6.07, 6.45) is -1.46. The summed E-state index contributed by atoms with van der Waals surface area (Å²) in [5, 5.41) is 2.68. The van der Waals surface area contributed by atoms with Crippen LogP contribution in [0.2, 0.25) is 0 Å². The van der Waals surface area contributed by atoms with Crippen molar-refractivity contribution < 1.29 is 27.4 Å². The summed E-state index contributed by atoms with van der Waals surface area (Å²) in [6.45, 7) is 1.47. The molecule has 4 rings (SSSR count). The third-order valence-electron chi connectivity index (χ3n) is 4.64. The van der Waals surface area contributed by atoms with E-state index in [0.29, 0.717) is 35.8 Å². The number of nitrogens with one attached hydrogen (secondary N) is 1. The second kappa shape index (κ2) is 8.74. The fraction of sp³-hybridized carbons (Fsp3) is 0.227. The average molecular weight is 444 g/mol. The van der Waals surface area contributed by atoms with Crippen molar-refractivity contribution in [3.05, 3.63) is 66.0 Å². The number of anilines is 3. The fourth-order valence-electron chi connectivity index (χ4n) is 3.18. The van der Waals surface area contributed by atoms with Crippen molar-refractivity contribution in [1.29, 1.82) is 0 Å². The van der Waals surface area contributed by atoms with Crippen molar-refractivity contribution in [3.63, 3.8) is 0 Å². The zero-order chi connectivity index (χ0) is 22.7. The molecule has 0 unspecified atom stereocenters. The minimum Gasteiger partial charge on any atom is -0.489 e. The average Bonchev–Trinajstić information content (AvgIpc) is 2.78. The molecule has 0 spiro atoms. The molecule has 166 valence electrons. The molecular weight excluding hydrogens is 425 g/mol. The topological polar surface area (TPSA) is 76.6 Å². The molecule has 32 heavy (non-hydrogen) atoms. The third-order valence-corrected chi connectivity index (χ3v) is 4.64. The number of fused-ring (bicyclic) bond motifs is 1. The van der Waals surface area contributed by atoms with E-state index in [4.69, 9.17) is 4.74 Å². The van der Waals surface area contributed by atoms with Gasteiger partial charge in [0, 0.05) is 12.3 Å². The van der Waals surface area contributed by atoms with E-state index < -0.39 is 18.7 Å². The Labute approximate surface area is 181 Å². The molecule has 0 saturated heterocycles. The third kappa shape index (κ3) is 4.90. The summed E-state index contributed by atoms with van der Waals surface area (Å²) in [5.41, 5.74) is 2.38. The van der Waals surface area contributed by atoms with Crippen LogP contribution in [0.15, 0.2) is 54.9 Å². The quantitative estimate of drug-likeness (QED) is 0.624. The first kappa shape index (κ1) is 21.4. The number of carbonyl (C=O) groups is 1. The van der Waals surface area contributed by atoms with Gasteiger partial charge < -0.3 is 19.7 Å².